The van der Waals surface area contributed by atoms with E-state index in [-0.39, 0.29) is 17.0 Å². The molecule has 2 amide bonds. The molecule has 0 saturated carbocycles. The molecule has 1 atom stereocenters. The number of alkyl halides is 1. The van der Waals surface area contributed by atoms with E-state index in [9.17, 15) is 14.4 Å². The van der Waals surface area contributed by atoms with Gasteiger partial charge in [-0.25, -0.2) is 4.79 Å². The summed E-state index contributed by atoms with van der Waals surface area (Å²) < 4.78 is 4.71. The molecular weight excluding hydrogens is 388 g/mol. The number of ether oxygens (including phenoxy) is 1. The Morgan fingerprint density at radius 1 is 0.920 bits per heavy atom. The lowest BCUT2D eigenvalue weighted by atomic mass is 10.1. The van der Waals surface area contributed by atoms with E-state index in [4.69, 9.17) is 4.74 Å². The number of rotatable bonds is 5. The summed E-state index contributed by atoms with van der Waals surface area (Å²) in [4.78, 5) is 35.9. The molecule has 0 saturated heterocycles. The number of esters is 1. The normalized spacial score (nSPS) is 11.3. The zero-order valence-corrected chi connectivity index (χ0v) is 15.3. The van der Waals surface area contributed by atoms with E-state index in [2.05, 4.69) is 26.6 Å². The van der Waals surface area contributed by atoms with Crippen molar-refractivity contribution >= 4 is 45.1 Å². The molecule has 2 aromatic rings. The van der Waals surface area contributed by atoms with E-state index in [0.29, 0.717) is 11.4 Å². The Morgan fingerprint density at radius 2 is 1.44 bits per heavy atom. The number of nitrogens with one attached hydrogen (secondary N) is 2. The van der Waals surface area contributed by atoms with E-state index in [1.54, 1.807) is 55.5 Å². The van der Waals surface area contributed by atoms with Crippen molar-refractivity contribution in [2.45, 2.75) is 11.8 Å². The number of benzene rings is 2. The molecule has 1 unspecified atom stereocenters. The SMILES string of the molecule is COC(=O)c1ccccc1NC(=O)c1ccccc1NC(=O)C(C)Br. The fourth-order valence-electron chi connectivity index (χ4n) is 2.09. The molecule has 0 fully saturated rings. The van der Waals surface area contributed by atoms with Gasteiger partial charge in [-0.3, -0.25) is 9.59 Å². The predicted octanol–water partition coefficient (Wildman–Crippen LogP) is 3.45. The summed E-state index contributed by atoms with van der Waals surface area (Å²) in [5.41, 5.74) is 1.24. The second kappa shape index (κ2) is 8.43. The van der Waals surface area contributed by atoms with Crippen molar-refractivity contribution in [3.05, 3.63) is 59.7 Å². The lowest BCUT2D eigenvalue weighted by molar-refractivity contribution is -0.115. The van der Waals surface area contributed by atoms with Crippen molar-refractivity contribution in [2.75, 3.05) is 17.7 Å². The van der Waals surface area contributed by atoms with Crippen molar-refractivity contribution < 1.29 is 19.1 Å². The largest absolute Gasteiger partial charge is 0.465 e. The molecule has 0 aliphatic carbocycles. The molecule has 130 valence electrons. The number of carbonyl (C=O) groups excluding carboxylic acids is 3. The van der Waals surface area contributed by atoms with Crippen LogP contribution in [0.4, 0.5) is 11.4 Å². The number of anilines is 2. The summed E-state index contributed by atoms with van der Waals surface area (Å²) >= 11 is 3.18. The Hall–Kier alpha value is -2.67. The van der Waals surface area contributed by atoms with Crippen LogP contribution in [0.15, 0.2) is 48.5 Å². The molecule has 0 aliphatic heterocycles. The lowest BCUT2D eigenvalue weighted by Crippen LogP contribution is -2.23. The van der Waals surface area contributed by atoms with Gasteiger partial charge in [0.2, 0.25) is 5.91 Å². The van der Waals surface area contributed by atoms with Crippen molar-refractivity contribution in [1.82, 2.24) is 0 Å². The Labute approximate surface area is 153 Å². The minimum atomic E-state index is -0.550. The van der Waals surface area contributed by atoms with Crippen LogP contribution in [0.1, 0.15) is 27.6 Å². The van der Waals surface area contributed by atoms with E-state index < -0.39 is 16.7 Å². The third kappa shape index (κ3) is 4.67. The number of halogens is 1. The molecule has 0 aromatic heterocycles. The molecule has 6 nitrogen and oxygen atoms in total. The van der Waals surface area contributed by atoms with Crippen LogP contribution in [-0.2, 0) is 9.53 Å². The van der Waals surface area contributed by atoms with Crippen LogP contribution < -0.4 is 10.6 Å². The molecule has 25 heavy (non-hydrogen) atoms. The van der Waals surface area contributed by atoms with E-state index in [1.807, 2.05) is 0 Å². The summed E-state index contributed by atoms with van der Waals surface area (Å²) in [6, 6.07) is 13.2. The van der Waals surface area contributed by atoms with Gasteiger partial charge in [-0.05, 0) is 31.2 Å². The molecule has 0 bridgehead atoms. The van der Waals surface area contributed by atoms with Gasteiger partial charge >= 0.3 is 5.97 Å². The van der Waals surface area contributed by atoms with Gasteiger partial charge in [0.05, 0.1) is 34.4 Å². The van der Waals surface area contributed by atoms with Gasteiger partial charge in [0.25, 0.3) is 5.91 Å². The Bertz CT molecular complexity index is 805. The monoisotopic (exact) mass is 404 g/mol. The van der Waals surface area contributed by atoms with Crippen LogP contribution in [0.5, 0.6) is 0 Å². The van der Waals surface area contributed by atoms with Crippen LogP contribution in [0.2, 0.25) is 0 Å². The standard InChI is InChI=1S/C18H17BrN2O4/c1-11(19)16(22)20-14-9-5-3-7-12(14)17(23)21-15-10-6-4-8-13(15)18(24)25-2/h3-11H,1-2H3,(H,20,22)(H,21,23). The quantitative estimate of drug-likeness (QED) is 0.590. The van der Waals surface area contributed by atoms with Gasteiger partial charge in [0, 0.05) is 0 Å². The third-order valence-electron chi connectivity index (χ3n) is 3.37. The molecule has 2 N–H and O–H groups in total. The van der Waals surface area contributed by atoms with E-state index >= 15 is 0 Å². The summed E-state index contributed by atoms with van der Waals surface area (Å²) in [6.45, 7) is 1.69. The molecule has 2 aromatic carbocycles. The highest BCUT2D eigenvalue weighted by atomic mass is 79.9. The highest BCUT2D eigenvalue weighted by Gasteiger charge is 2.18. The van der Waals surface area contributed by atoms with Crippen LogP contribution in [0.3, 0.4) is 0 Å². The van der Waals surface area contributed by atoms with Gasteiger partial charge in [-0.15, -0.1) is 0 Å². The molecule has 0 aliphatic rings. The van der Waals surface area contributed by atoms with Crippen molar-refractivity contribution in [1.29, 1.82) is 0 Å². The summed E-state index contributed by atoms with van der Waals surface area (Å²) in [5.74, 6) is -1.27. The van der Waals surface area contributed by atoms with E-state index in [1.165, 1.54) is 7.11 Å². The van der Waals surface area contributed by atoms with Crippen LogP contribution in [-0.4, -0.2) is 29.7 Å². The molecule has 0 heterocycles. The maximum atomic E-state index is 12.6. The highest BCUT2D eigenvalue weighted by molar-refractivity contribution is 9.10. The minimum absolute atomic E-state index is 0.244. The van der Waals surface area contributed by atoms with Crippen LogP contribution >= 0.6 is 15.9 Å². The minimum Gasteiger partial charge on any atom is -0.465 e. The van der Waals surface area contributed by atoms with Gasteiger partial charge in [0.1, 0.15) is 0 Å². The number of para-hydroxylation sites is 2. The predicted molar refractivity (Wildman–Crippen MR) is 99.2 cm³/mol. The average molecular weight is 405 g/mol. The van der Waals surface area contributed by atoms with Gasteiger partial charge in [-0.2, -0.15) is 0 Å². The molecule has 7 heteroatoms. The van der Waals surface area contributed by atoms with Crippen LogP contribution in [0, 0.1) is 0 Å². The van der Waals surface area contributed by atoms with Gasteiger partial charge in [-0.1, -0.05) is 40.2 Å². The third-order valence-corrected chi connectivity index (χ3v) is 3.79. The summed E-state index contributed by atoms with van der Waals surface area (Å²) in [5, 5.41) is 5.37. The number of methoxy groups -OCH3 is 1. The lowest BCUT2D eigenvalue weighted by Gasteiger charge is -2.13. The Morgan fingerprint density at radius 3 is 2.00 bits per heavy atom. The number of hydrogen-bond acceptors (Lipinski definition) is 4. The Balaban J connectivity index is 2.28. The second-order valence-electron chi connectivity index (χ2n) is 5.14. The van der Waals surface area contributed by atoms with Crippen molar-refractivity contribution in [2.24, 2.45) is 0 Å². The maximum Gasteiger partial charge on any atom is 0.339 e. The van der Waals surface area contributed by atoms with Crippen molar-refractivity contribution in [3.63, 3.8) is 0 Å². The fourth-order valence-corrected chi connectivity index (χ4v) is 2.21. The first-order valence-corrected chi connectivity index (χ1v) is 8.38. The molecule has 0 radical (unpaired) electrons. The average Bonchev–Trinajstić information content (AvgIpc) is 2.61. The first-order valence-electron chi connectivity index (χ1n) is 7.46. The first-order chi connectivity index (χ1) is 11.9. The zero-order valence-electron chi connectivity index (χ0n) is 13.7. The molecule has 0 spiro atoms. The zero-order chi connectivity index (χ0) is 18.4. The summed E-state index contributed by atoms with van der Waals surface area (Å²) in [6.07, 6.45) is 0. The summed E-state index contributed by atoms with van der Waals surface area (Å²) in [7, 11) is 1.27. The number of hydrogen-bond donors (Lipinski definition) is 2. The maximum absolute atomic E-state index is 12.6. The Kier molecular flexibility index (Phi) is 6.30. The van der Waals surface area contributed by atoms with Crippen molar-refractivity contribution in [3.8, 4) is 0 Å². The van der Waals surface area contributed by atoms with Gasteiger partial charge in [0.15, 0.2) is 0 Å². The fraction of sp³-hybridized carbons (Fsp3) is 0.167. The van der Waals surface area contributed by atoms with Gasteiger partial charge < -0.3 is 15.4 Å². The number of amides is 2. The molecule has 2 rings (SSSR count). The highest BCUT2D eigenvalue weighted by Crippen LogP contribution is 2.21. The topological polar surface area (TPSA) is 84.5 Å². The second-order valence-corrected chi connectivity index (χ2v) is 6.52. The number of carbonyl (C=O) groups is 3. The van der Waals surface area contributed by atoms with E-state index in [0.717, 1.165) is 0 Å². The first kappa shape index (κ1) is 18.7. The smallest absolute Gasteiger partial charge is 0.339 e. The molecular formula is C18H17BrN2O4. The van der Waals surface area contributed by atoms with Crippen LogP contribution in [0.25, 0.3) is 0 Å².